The second-order valence-electron chi connectivity index (χ2n) is 3.07. The highest BCUT2D eigenvalue weighted by Gasteiger charge is 1.98. The largest absolute Gasteiger partial charge is 0.384 e. The van der Waals surface area contributed by atoms with Gasteiger partial charge in [-0.15, -0.1) is 0 Å². The van der Waals surface area contributed by atoms with Crippen molar-refractivity contribution in [3.63, 3.8) is 0 Å². The van der Waals surface area contributed by atoms with Gasteiger partial charge in [-0.25, -0.2) is 4.98 Å². The highest BCUT2D eigenvalue weighted by atomic mass is 127. The Bertz CT molecular complexity index is 471. The normalized spacial score (nSPS) is 9.93. The van der Waals surface area contributed by atoms with Crippen molar-refractivity contribution in [1.29, 1.82) is 0 Å². The van der Waals surface area contributed by atoms with E-state index in [2.05, 4.69) is 32.9 Å². The van der Waals surface area contributed by atoms with Gasteiger partial charge >= 0.3 is 0 Å². The second kappa shape index (κ2) is 4.48. The number of hydrogen-bond acceptors (Lipinski definition) is 3. The third kappa shape index (κ3) is 2.59. The minimum absolute atomic E-state index is 0.519. The fourth-order valence-corrected chi connectivity index (χ4v) is 1.77. The van der Waals surface area contributed by atoms with Crippen molar-refractivity contribution in [3.05, 3.63) is 46.2 Å². The van der Waals surface area contributed by atoms with Crippen molar-refractivity contribution in [3.8, 4) is 0 Å². The standard InChI is InChI=1S/C11H10IN3/c12-9-3-1-2-4-10(9)15-8-5-6-14-11(13)7-8/h1-7H,(H3,13,14,15). The van der Waals surface area contributed by atoms with Gasteiger partial charge in [-0.2, -0.15) is 0 Å². The second-order valence-corrected chi connectivity index (χ2v) is 4.24. The molecule has 2 rings (SSSR count). The van der Waals surface area contributed by atoms with E-state index in [0.29, 0.717) is 5.82 Å². The molecule has 0 unspecified atom stereocenters. The summed E-state index contributed by atoms with van der Waals surface area (Å²) in [6, 6.07) is 11.8. The highest BCUT2D eigenvalue weighted by molar-refractivity contribution is 14.1. The Balaban J connectivity index is 2.26. The SMILES string of the molecule is Nc1cc(Nc2ccccc2I)ccn1. The molecule has 0 amide bonds. The molecule has 0 aliphatic heterocycles. The van der Waals surface area contributed by atoms with Crippen LogP contribution in [0.3, 0.4) is 0 Å². The number of nitrogens with one attached hydrogen (secondary N) is 1. The Labute approximate surface area is 102 Å². The van der Waals surface area contributed by atoms with E-state index in [-0.39, 0.29) is 0 Å². The number of anilines is 3. The molecule has 0 aliphatic carbocycles. The maximum absolute atomic E-state index is 5.60. The number of nitrogens with zero attached hydrogens (tertiary/aromatic N) is 1. The molecule has 0 fully saturated rings. The fraction of sp³-hybridized carbons (Fsp3) is 0. The van der Waals surface area contributed by atoms with Crippen LogP contribution in [0.5, 0.6) is 0 Å². The minimum Gasteiger partial charge on any atom is -0.384 e. The Hall–Kier alpha value is -1.30. The first-order valence-corrected chi connectivity index (χ1v) is 5.56. The van der Waals surface area contributed by atoms with Gasteiger partial charge in [0.15, 0.2) is 0 Å². The van der Waals surface area contributed by atoms with Crippen molar-refractivity contribution in [1.82, 2.24) is 4.98 Å². The van der Waals surface area contributed by atoms with Crippen molar-refractivity contribution >= 4 is 39.8 Å². The van der Waals surface area contributed by atoms with Crippen LogP contribution in [0.4, 0.5) is 17.2 Å². The molecule has 0 spiro atoms. The Morgan fingerprint density at radius 3 is 2.73 bits per heavy atom. The van der Waals surface area contributed by atoms with Crippen LogP contribution in [0.2, 0.25) is 0 Å². The van der Waals surface area contributed by atoms with E-state index < -0.39 is 0 Å². The smallest absolute Gasteiger partial charge is 0.125 e. The summed E-state index contributed by atoms with van der Waals surface area (Å²) in [7, 11) is 0. The molecule has 1 heterocycles. The van der Waals surface area contributed by atoms with Gasteiger partial charge in [-0.3, -0.25) is 0 Å². The average Bonchev–Trinajstić information content (AvgIpc) is 2.22. The lowest BCUT2D eigenvalue weighted by molar-refractivity contribution is 1.33. The fourth-order valence-electron chi connectivity index (χ4n) is 1.24. The van der Waals surface area contributed by atoms with Crippen molar-refractivity contribution < 1.29 is 0 Å². The van der Waals surface area contributed by atoms with E-state index in [9.17, 15) is 0 Å². The number of aromatic nitrogens is 1. The summed E-state index contributed by atoms with van der Waals surface area (Å²) in [6.45, 7) is 0. The van der Waals surface area contributed by atoms with Gasteiger partial charge in [0.1, 0.15) is 5.82 Å². The van der Waals surface area contributed by atoms with Crippen molar-refractivity contribution in [2.45, 2.75) is 0 Å². The van der Waals surface area contributed by atoms with E-state index in [1.165, 1.54) is 3.57 Å². The number of rotatable bonds is 2. The van der Waals surface area contributed by atoms with Gasteiger partial charge in [-0.1, -0.05) is 12.1 Å². The Kier molecular flexibility index (Phi) is 3.05. The molecule has 0 bridgehead atoms. The number of pyridine rings is 1. The third-order valence-electron chi connectivity index (χ3n) is 1.93. The number of halogens is 1. The quantitative estimate of drug-likeness (QED) is 0.838. The first kappa shape index (κ1) is 10.2. The van der Waals surface area contributed by atoms with Gasteiger partial charge in [-0.05, 0) is 40.8 Å². The van der Waals surface area contributed by atoms with Crippen LogP contribution in [0.25, 0.3) is 0 Å². The number of hydrogen-bond donors (Lipinski definition) is 2. The lowest BCUT2D eigenvalue weighted by Crippen LogP contribution is -1.95. The first-order chi connectivity index (χ1) is 7.25. The van der Waals surface area contributed by atoms with Crippen LogP contribution < -0.4 is 11.1 Å². The van der Waals surface area contributed by atoms with Gasteiger partial charge < -0.3 is 11.1 Å². The molecule has 0 radical (unpaired) electrons. The van der Waals surface area contributed by atoms with Crippen molar-refractivity contribution in [2.75, 3.05) is 11.1 Å². The van der Waals surface area contributed by atoms with Gasteiger partial charge in [0.25, 0.3) is 0 Å². The molecule has 0 atom stereocenters. The van der Waals surface area contributed by atoms with Crippen LogP contribution in [-0.4, -0.2) is 4.98 Å². The maximum atomic E-state index is 5.60. The zero-order valence-electron chi connectivity index (χ0n) is 7.94. The molecular formula is C11H10IN3. The number of para-hydroxylation sites is 1. The predicted molar refractivity (Wildman–Crippen MR) is 71.1 cm³/mol. The van der Waals surface area contributed by atoms with E-state index in [0.717, 1.165) is 11.4 Å². The summed E-state index contributed by atoms with van der Waals surface area (Å²) >= 11 is 2.29. The maximum Gasteiger partial charge on any atom is 0.125 e. The van der Waals surface area contributed by atoms with E-state index in [4.69, 9.17) is 5.73 Å². The molecule has 2 aromatic rings. The lowest BCUT2D eigenvalue weighted by atomic mass is 10.3. The lowest BCUT2D eigenvalue weighted by Gasteiger charge is -2.08. The van der Waals surface area contributed by atoms with Crippen LogP contribution in [0.1, 0.15) is 0 Å². The van der Waals surface area contributed by atoms with Crippen LogP contribution in [-0.2, 0) is 0 Å². The number of nitrogen functional groups attached to an aromatic ring is 1. The van der Waals surface area contributed by atoms with E-state index >= 15 is 0 Å². The zero-order chi connectivity index (χ0) is 10.7. The summed E-state index contributed by atoms with van der Waals surface area (Å²) in [5.41, 5.74) is 7.62. The number of nitrogens with two attached hydrogens (primary N) is 1. The molecule has 3 nitrogen and oxygen atoms in total. The molecule has 4 heteroatoms. The molecule has 0 saturated heterocycles. The number of benzene rings is 1. The molecule has 0 saturated carbocycles. The van der Waals surface area contributed by atoms with Crippen LogP contribution in [0.15, 0.2) is 42.6 Å². The first-order valence-electron chi connectivity index (χ1n) is 4.49. The van der Waals surface area contributed by atoms with Crippen molar-refractivity contribution in [2.24, 2.45) is 0 Å². The van der Waals surface area contributed by atoms with Gasteiger partial charge in [0, 0.05) is 21.5 Å². The molecule has 15 heavy (non-hydrogen) atoms. The summed E-state index contributed by atoms with van der Waals surface area (Å²) in [4.78, 5) is 3.94. The van der Waals surface area contributed by atoms with Crippen LogP contribution in [0, 0.1) is 3.57 Å². The molecule has 0 aliphatic rings. The predicted octanol–water partition coefficient (Wildman–Crippen LogP) is 3.01. The third-order valence-corrected chi connectivity index (χ3v) is 2.87. The topological polar surface area (TPSA) is 50.9 Å². The molecule has 1 aromatic heterocycles. The minimum atomic E-state index is 0.519. The zero-order valence-corrected chi connectivity index (χ0v) is 10.1. The van der Waals surface area contributed by atoms with Crippen LogP contribution >= 0.6 is 22.6 Å². The van der Waals surface area contributed by atoms with Gasteiger partial charge in [0.05, 0.1) is 5.69 Å². The molecular weight excluding hydrogens is 301 g/mol. The summed E-state index contributed by atoms with van der Waals surface area (Å²) in [6.07, 6.45) is 1.69. The molecule has 3 N–H and O–H groups in total. The monoisotopic (exact) mass is 311 g/mol. The Morgan fingerprint density at radius 2 is 2.00 bits per heavy atom. The summed E-state index contributed by atoms with van der Waals surface area (Å²) in [5, 5.41) is 3.29. The van der Waals surface area contributed by atoms with E-state index in [1.54, 1.807) is 6.20 Å². The average molecular weight is 311 g/mol. The van der Waals surface area contributed by atoms with Gasteiger partial charge in [0.2, 0.25) is 0 Å². The molecule has 76 valence electrons. The highest BCUT2D eigenvalue weighted by Crippen LogP contribution is 2.22. The summed E-state index contributed by atoms with van der Waals surface area (Å²) < 4.78 is 1.17. The summed E-state index contributed by atoms with van der Waals surface area (Å²) in [5.74, 6) is 0.519. The van der Waals surface area contributed by atoms with E-state index in [1.807, 2.05) is 36.4 Å². The Morgan fingerprint density at radius 1 is 1.20 bits per heavy atom. The molecule has 1 aromatic carbocycles.